The Balaban J connectivity index is 2.55. The Hall–Kier alpha value is -0.840. The van der Waals surface area contributed by atoms with E-state index in [1.54, 1.807) is 6.20 Å². The zero-order chi connectivity index (χ0) is 15.1. The molecule has 0 amide bonds. The first kappa shape index (κ1) is 17.2. The lowest BCUT2D eigenvalue weighted by atomic mass is 10.1. The number of hydrogen-bond acceptors (Lipinski definition) is 3. The van der Waals surface area contributed by atoms with Gasteiger partial charge < -0.3 is 5.32 Å². The van der Waals surface area contributed by atoms with Gasteiger partial charge in [0.1, 0.15) is 4.47 Å². The van der Waals surface area contributed by atoms with E-state index in [0.29, 0.717) is 16.9 Å². The highest BCUT2D eigenvalue weighted by molar-refractivity contribution is 9.10. The van der Waals surface area contributed by atoms with Gasteiger partial charge in [0.15, 0.2) is 0 Å². The van der Waals surface area contributed by atoms with Crippen molar-refractivity contribution in [3.63, 3.8) is 0 Å². The van der Waals surface area contributed by atoms with Gasteiger partial charge in [0, 0.05) is 13.1 Å². The molecule has 114 valence electrons. The highest BCUT2D eigenvalue weighted by atomic mass is 79.9. The summed E-state index contributed by atoms with van der Waals surface area (Å²) >= 11 is 3.38. The summed E-state index contributed by atoms with van der Waals surface area (Å²) in [6.07, 6.45) is 5.30. The molecule has 5 heteroatoms. The van der Waals surface area contributed by atoms with Crippen LogP contribution < -0.4 is 10.9 Å². The Morgan fingerprint density at radius 1 is 1.25 bits per heavy atom. The van der Waals surface area contributed by atoms with E-state index >= 15 is 0 Å². The standard InChI is InChI=1S/C15H26BrN3O/c1-11(2)7-5-6-8-17-13-9-18-19(10-12(3)4)15(20)14(13)16/h9,11-12,17H,5-8,10H2,1-4H3. The molecule has 0 spiro atoms. The fourth-order valence-electron chi connectivity index (χ4n) is 1.96. The molecule has 1 heterocycles. The monoisotopic (exact) mass is 343 g/mol. The van der Waals surface area contributed by atoms with Crippen molar-refractivity contribution < 1.29 is 0 Å². The van der Waals surface area contributed by atoms with Crippen molar-refractivity contribution in [2.24, 2.45) is 11.8 Å². The molecule has 0 aliphatic heterocycles. The van der Waals surface area contributed by atoms with Crippen molar-refractivity contribution in [1.29, 1.82) is 0 Å². The van der Waals surface area contributed by atoms with Gasteiger partial charge in [-0.2, -0.15) is 5.10 Å². The first-order valence-electron chi connectivity index (χ1n) is 7.41. The SMILES string of the molecule is CC(C)CCCCNc1cnn(CC(C)C)c(=O)c1Br. The van der Waals surface area contributed by atoms with Gasteiger partial charge >= 0.3 is 0 Å². The number of nitrogens with one attached hydrogen (secondary N) is 1. The second-order valence-corrected chi connectivity index (χ2v) is 6.86. The first-order valence-corrected chi connectivity index (χ1v) is 8.20. The Morgan fingerprint density at radius 2 is 1.95 bits per heavy atom. The van der Waals surface area contributed by atoms with Crippen LogP contribution in [0.2, 0.25) is 0 Å². The highest BCUT2D eigenvalue weighted by Gasteiger charge is 2.09. The van der Waals surface area contributed by atoms with Crippen LogP contribution in [0, 0.1) is 11.8 Å². The molecule has 0 unspecified atom stereocenters. The number of rotatable bonds is 8. The molecule has 1 rings (SSSR count). The van der Waals surface area contributed by atoms with Crippen LogP contribution in [-0.2, 0) is 6.54 Å². The van der Waals surface area contributed by atoms with Crippen LogP contribution in [0.15, 0.2) is 15.5 Å². The molecule has 1 aromatic rings. The fraction of sp³-hybridized carbons (Fsp3) is 0.733. The minimum absolute atomic E-state index is 0.0640. The molecule has 4 nitrogen and oxygen atoms in total. The van der Waals surface area contributed by atoms with E-state index in [9.17, 15) is 4.79 Å². The molecule has 0 aromatic carbocycles. The summed E-state index contributed by atoms with van der Waals surface area (Å²) in [5.74, 6) is 1.16. The van der Waals surface area contributed by atoms with Crippen LogP contribution in [0.5, 0.6) is 0 Å². The Labute approximate surface area is 130 Å². The molecule has 0 bridgehead atoms. The summed E-state index contributed by atoms with van der Waals surface area (Å²) in [5.41, 5.74) is 0.727. The maximum atomic E-state index is 12.1. The Bertz CT molecular complexity index is 469. The lowest BCUT2D eigenvalue weighted by Crippen LogP contribution is -2.26. The Kier molecular flexibility index (Phi) is 7.27. The van der Waals surface area contributed by atoms with E-state index in [4.69, 9.17) is 0 Å². The second-order valence-electron chi connectivity index (χ2n) is 6.07. The third kappa shape index (κ3) is 5.65. The fourth-order valence-corrected chi connectivity index (χ4v) is 2.41. The average Bonchev–Trinajstić information content (AvgIpc) is 2.36. The lowest BCUT2D eigenvalue weighted by Gasteiger charge is -2.12. The molecule has 1 aromatic heterocycles. The van der Waals surface area contributed by atoms with Gasteiger partial charge in [-0.3, -0.25) is 4.79 Å². The van der Waals surface area contributed by atoms with Gasteiger partial charge in [-0.1, -0.05) is 40.5 Å². The van der Waals surface area contributed by atoms with Crippen LogP contribution >= 0.6 is 15.9 Å². The summed E-state index contributed by atoms with van der Waals surface area (Å²) in [7, 11) is 0. The number of halogens is 1. The van der Waals surface area contributed by atoms with Crippen LogP contribution in [0.3, 0.4) is 0 Å². The molecule has 0 radical (unpaired) electrons. The third-order valence-corrected chi connectivity index (χ3v) is 3.81. The molecule has 20 heavy (non-hydrogen) atoms. The molecule has 0 aliphatic rings. The van der Waals surface area contributed by atoms with Gasteiger partial charge in [0.25, 0.3) is 5.56 Å². The van der Waals surface area contributed by atoms with E-state index in [1.165, 1.54) is 17.5 Å². The highest BCUT2D eigenvalue weighted by Crippen LogP contribution is 2.16. The van der Waals surface area contributed by atoms with Crippen molar-refractivity contribution in [1.82, 2.24) is 9.78 Å². The molecule has 0 aliphatic carbocycles. The molecule has 0 saturated heterocycles. The first-order chi connectivity index (χ1) is 9.41. The predicted octanol–water partition coefficient (Wildman–Crippen LogP) is 3.90. The average molecular weight is 344 g/mol. The quantitative estimate of drug-likeness (QED) is 0.728. The van der Waals surface area contributed by atoms with E-state index in [2.05, 4.69) is 54.0 Å². The minimum Gasteiger partial charge on any atom is -0.383 e. The van der Waals surface area contributed by atoms with Crippen LogP contribution in [0.1, 0.15) is 47.0 Å². The zero-order valence-corrected chi connectivity index (χ0v) is 14.5. The number of aromatic nitrogens is 2. The normalized spacial score (nSPS) is 11.3. The predicted molar refractivity (Wildman–Crippen MR) is 88.2 cm³/mol. The van der Waals surface area contributed by atoms with E-state index in [1.807, 2.05) is 0 Å². The van der Waals surface area contributed by atoms with E-state index in [0.717, 1.165) is 24.6 Å². The smallest absolute Gasteiger partial charge is 0.283 e. The van der Waals surface area contributed by atoms with Crippen molar-refractivity contribution in [2.45, 2.75) is 53.5 Å². The van der Waals surface area contributed by atoms with E-state index in [-0.39, 0.29) is 5.56 Å². The summed E-state index contributed by atoms with van der Waals surface area (Å²) in [6, 6.07) is 0. The van der Waals surface area contributed by atoms with Crippen LogP contribution in [0.4, 0.5) is 5.69 Å². The van der Waals surface area contributed by atoms with E-state index < -0.39 is 0 Å². The number of hydrogen-bond donors (Lipinski definition) is 1. The second kappa shape index (κ2) is 8.45. The molecule has 1 N–H and O–H groups in total. The topological polar surface area (TPSA) is 46.9 Å². The number of unbranched alkanes of at least 4 members (excludes halogenated alkanes) is 1. The summed E-state index contributed by atoms with van der Waals surface area (Å²) in [6.45, 7) is 10.1. The van der Waals surface area contributed by atoms with Crippen LogP contribution in [0.25, 0.3) is 0 Å². The third-order valence-electron chi connectivity index (χ3n) is 3.05. The summed E-state index contributed by atoms with van der Waals surface area (Å²) in [4.78, 5) is 12.1. The van der Waals surface area contributed by atoms with Gasteiger partial charge in [-0.15, -0.1) is 0 Å². The van der Waals surface area contributed by atoms with Gasteiger partial charge in [-0.25, -0.2) is 4.68 Å². The van der Waals surface area contributed by atoms with Gasteiger partial charge in [0.05, 0.1) is 11.9 Å². The zero-order valence-electron chi connectivity index (χ0n) is 12.9. The molecule has 0 saturated carbocycles. The van der Waals surface area contributed by atoms with Crippen molar-refractivity contribution >= 4 is 21.6 Å². The van der Waals surface area contributed by atoms with Crippen molar-refractivity contribution in [3.8, 4) is 0 Å². The number of anilines is 1. The summed E-state index contributed by atoms with van der Waals surface area (Å²) < 4.78 is 2.09. The largest absolute Gasteiger partial charge is 0.383 e. The van der Waals surface area contributed by atoms with Crippen LogP contribution in [-0.4, -0.2) is 16.3 Å². The van der Waals surface area contributed by atoms with Crippen molar-refractivity contribution in [3.05, 3.63) is 21.0 Å². The molecule has 0 atom stereocenters. The summed E-state index contributed by atoms with van der Waals surface area (Å²) in [5, 5.41) is 7.50. The maximum absolute atomic E-state index is 12.1. The van der Waals surface area contributed by atoms with Gasteiger partial charge in [-0.05, 0) is 34.2 Å². The maximum Gasteiger partial charge on any atom is 0.283 e. The van der Waals surface area contributed by atoms with Crippen molar-refractivity contribution in [2.75, 3.05) is 11.9 Å². The lowest BCUT2D eigenvalue weighted by molar-refractivity contribution is 0.462. The molecular formula is C15H26BrN3O. The van der Waals surface area contributed by atoms with Gasteiger partial charge in [0.2, 0.25) is 0 Å². The Morgan fingerprint density at radius 3 is 2.55 bits per heavy atom. The molecular weight excluding hydrogens is 318 g/mol. The minimum atomic E-state index is -0.0640. The molecule has 0 fully saturated rings. The number of nitrogens with zero attached hydrogens (tertiary/aromatic N) is 2.